The molecule has 12 heteroatoms. The van der Waals surface area contributed by atoms with Gasteiger partial charge < -0.3 is 19.7 Å². The van der Waals surface area contributed by atoms with Gasteiger partial charge in [0, 0.05) is 40.7 Å². The number of methoxy groups -OCH3 is 2. The fourth-order valence-electron chi connectivity index (χ4n) is 5.02. The maximum absolute atomic E-state index is 14.6. The molecule has 0 fully saturated rings. The van der Waals surface area contributed by atoms with Crippen molar-refractivity contribution in [3.8, 4) is 11.5 Å². The molecule has 9 nitrogen and oxygen atoms in total. The van der Waals surface area contributed by atoms with Crippen molar-refractivity contribution >= 4 is 50.7 Å². The summed E-state index contributed by atoms with van der Waals surface area (Å²) in [5, 5.41) is 3.53. The van der Waals surface area contributed by atoms with Crippen molar-refractivity contribution in [3.63, 3.8) is 0 Å². The molecule has 1 N–H and O–H groups in total. The molecule has 0 bridgehead atoms. The molecule has 0 saturated heterocycles. The molecule has 0 aliphatic carbocycles. The number of benzene rings is 4. The molecule has 0 unspecified atom stereocenters. The number of carbonyl (C=O) groups excluding carboxylic acids is 2. The van der Waals surface area contributed by atoms with Crippen LogP contribution in [0.5, 0.6) is 11.5 Å². The summed E-state index contributed by atoms with van der Waals surface area (Å²) < 4.78 is 40.3. The van der Waals surface area contributed by atoms with Gasteiger partial charge in [-0.1, -0.05) is 77.8 Å². The first-order valence-electron chi connectivity index (χ1n) is 14.8. The summed E-state index contributed by atoms with van der Waals surface area (Å²) >= 11 is 13.1. The van der Waals surface area contributed by atoms with Gasteiger partial charge in [0.05, 0.1) is 24.8 Å². The summed E-state index contributed by atoms with van der Waals surface area (Å²) in [5.74, 6) is -0.504. The summed E-state index contributed by atoms with van der Waals surface area (Å²) in [6.45, 7) is 2.85. The van der Waals surface area contributed by atoms with Crippen molar-refractivity contribution in [3.05, 3.63) is 118 Å². The maximum atomic E-state index is 14.6. The van der Waals surface area contributed by atoms with Crippen LogP contribution in [0, 0.1) is 0 Å². The molecule has 0 heterocycles. The number of halogens is 2. The molecule has 248 valence electrons. The van der Waals surface area contributed by atoms with Crippen molar-refractivity contribution in [2.24, 2.45) is 0 Å². The second kappa shape index (κ2) is 16.0. The minimum Gasteiger partial charge on any atom is -0.493 e. The molecule has 0 saturated carbocycles. The van der Waals surface area contributed by atoms with Gasteiger partial charge in [0.1, 0.15) is 12.6 Å². The fourth-order valence-corrected chi connectivity index (χ4v) is 6.96. The molecule has 4 aromatic rings. The Bertz CT molecular complexity index is 1770. The summed E-state index contributed by atoms with van der Waals surface area (Å²) in [7, 11) is -1.51. The van der Waals surface area contributed by atoms with E-state index in [-0.39, 0.29) is 35.3 Å². The van der Waals surface area contributed by atoms with Gasteiger partial charge >= 0.3 is 0 Å². The second-order valence-electron chi connectivity index (χ2n) is 11.0. The molecule has 47 heavy (non-hydrogen) atoms. The van der Waals surface area contributed by atoms with Crippen LogP contribution in [0.15, 0.2) is 102 Å². The van der Waals surface area contributed by atoms with E-state index in [4.69, 9.17) is 32.7 Å². The quantitative estimate of drug-likeness (QED) is 0.164. The molecule has 0 radical (unpaired) electrons. The topological polar surface area (TPSA) is 105 Å². The van der Waals surface area contributed by atoms with Crippen LogP contribution < -0.4 is 19.1 Å². The Balaban J connectivity index is 1.84. The third-order valence-electron chi connectivity index (χ3n) is 7.36. The minimum atomic E-state index is -4.36. The second-order valence-corrected chi connectivity index (χ2v) is 13.6. The number of para-hydroxylation sites is 1. The van der Waals surface area contributed by atoms with Crippen LogP contribution in [0.4, 0.5) is 5.69 Å². The highest BCUT2D eigenvalue weighted by atomic mass is 35.5. The van der Waals surface area contributed by atoms with Gasteiger partial charge in [-0.15, -0.1) is 0 Å². The Morgan fingerprint density at radius 3 is 1.98 bits per heavy atom. The van der Waals surface area contributed by atoms with Crippen molar-refractivity contribution in [2.45, 2.75) is 43.8 Å². The molecule has 2 amide bonds. The first-order valence-corrected chi connectivity index (χ1v) is 17.0. The number of carbonyl (C=O) groups is 2. The standard InChI is InChI=1S/C35H37Cl2N3O6S/c1-24(2)38-35(42)31(20-25-12-7-5-8-13-25)39(22-28-29(36)16-11-17-30(28)37)34(41)23-40(26-14-9-6-10-15-26)47(43,44)27-18-19-32(45-3)33(21-27)46-4/h5-19,21,24,31H,20,22-23H2,1-4H3,(H,38,42)/t31-/m0/s1. The molecular formula is C35H37Cl2N3O6S. The van der Waals surface area contributed by atoms with Crippen LogP contribution in [0.2, 0.25) is 10.0 Å². The van der Waals surface area contributed by atoms with Gasteiger partial charge in [-0.2, -0.15) is 0 Å². The zero-order valence-corrected chi connectivity index (χ0v) is 28.9. The number of anilines is 1. The highest BCUT2D eigenvalue weighted by Gasteiger charge is 2.35. The number of rotatable bonds is 14. The third kappa shape index (κ3) is 8.77. The molecule has 0 aliphatic heterocycles. The number of hydrogen-bond acceptors (Lipinski definition) is 6. The van der Waals surface area contributed by atoms with Crippen molar-refractivity contribution in [1.82, 2.24) is 10.2 Å². The molecule has 0 aromatic heterocycles. The van der Waals surface area contributed by atoms with Crippen LogP contribution in [0.3, 0.4) is 0 Å². The first kappa shape index (κ1) is 35.6. The summed E-state index contributed by atoms with van der Waals surface area (Å²) in [5.41, 5.74) is 1.48. The number of sulfonamides is 1. The highest BCUT2D eigenvalue weighted by Crippen LogP contribution is 2.33. The lowest BCUT2D eigenvalue weighted by molar-refractivity contribution is -0.140. The smallest absolute Gasteiger partial charge is 0.264 e. The molecule has 0 aliphatic rings. The van der Waals surface area contributed by atoms with E-state index in [0.29, 0.717) is 21.4 Å². The Hall–Kier alpha value is -4.25. The molecule has 0 spiro atoms. The van der Waals surface area contributed by atoms with E-state index in [1.807, 2.05) is 44.2 Å². The highest BCUT2D eigenvalue weighted by molar-refractivity contribution is 7.92. The van der Waals surface area contributed by atoms with E-state index < -0.39 is 34.4 Å². The zero-order chi connectivity index (χ0) is 34.1. The Labute approximate surface area is 286 Å². The third-order valence-corrected chi connectivity index (χ3v) is 9.84. The Morgan fingerprint density at radius 1 is 0.809 bits per heavy atom. The van der Waals surface area contributed by atoms with E-state index in [0.717, 1.165) is 9.87 Å². The van der Waals surface area contributed by atoms with Crippen LogP contribution in [0.1, 0.15) is 25.0 Å². The largest absolute Gasteiger partial charge is 0.493 e. The lowest BCUT2D eigenvalue weighted by Crippen LogP contribution is -2.54. The van der Waals surface area contributed by atoms with Crippen molar-refractivity contribution in [2.75, 3.05) is 25.1 Å². The lowest BCUT2D eigenvalue weighted by atomic mass is 10.0. The van der Waals surface area contributed by atoms with E-state index in [9.17, 15) is 18.0 Å². The van der Waals surface area contributed by atoms with Gasteiger partial charge in [0.15, 0.2) is 11.5 Å². The normalized spacial score (nSPS) is 11.9. The van der Waals surface area contributed by atoms with Crippen LogP contribution in [0.25, 0.3) is 0 Å². The summed E-state index contributed by atoms with van der Waals surface area (Å²) in [6.07, 6.45) is 0.154. The predicted molar refractivity (Wildman–Crippen MR) is 185 cm³/mol. The average molecular weight is 699 g/mol. The van der Waals surface area contributed by atoms with Gasteiger partial charge in [-0.25, -0.2) is 8.42 Å². The monoisotopic (exact) mass is 697 g/mol. The lowest BCUT2D eigenvalue weighted by Gasteiger charge is -2.34. The van der Waals surface area contributed by atoms with Crippen LogP contribution >= 0.6 is 23.2 Å². The number of nitrogens with zero attached hydrogens (tertiary/aromatic N) is 2. The Kier molecular flexibility index (Phi) is 12.1. The average Bonchev–Trinajstić information content (AvgIpc) is 3.06. The van der Waals surface area contributed by atoms with E-state index in [2.05, 4.69) is 5.32 Å². The number of hydrogen-bond donors (Lipinski definition) is 1. The first-order chi connectivity index (χ1) is 22.5. The molecular weight excluding hydrogens is 661 g/mol. The van der Waals surface area contributed by atoms with Crippen molar-refractivity contribution in [1.29, 1.82) is 0 Å². The van der Waals surface area contributed by atoms with Gasteiger partial charge in [-0.3, -0.25) is 13.9 Å². The zero-order valence-electron chi connectivity index (χ0n) is 26.5. The molecule has 4 rings (SSSR count). The van der Waals surface area contributed by atoms with E-state index >= 15 is 0 Å². The number of amides is 2. The summed E-state index contributed by atoms with van der Waals surface area (Å²) in [4.78, 5) is 29.7. The number of nitrogens with one attached hydrogen (secondary N) is 1. The molecule has 1 atom stereocenters. The van der Waals surface area contributed by atoms with Crippen molar-refractivity contribution < 1.29 is 27.5 Å². The van der Waals surface area contributed by atoms with E-state index in [1.54, 1.807) is 48.5 Å². The van der Waals surface area contributed by atoms with Crippen LogP contribution in [-0.4, -0.2) is 58.0 Å². The molecule has 4 aromatic carbocycles. The fraction of sp³-hybridized carbons (Fsp3) is 0.257. The van der Waals surface area contributed by atoms with Gasteiger partial charge in [0.2, 0.25) is 11.8 Å². The van der Waals surface area contributed by atoms with Gasteiger partial charge in [-0.05, 0) is 55.8 Å². The number of ether oxygens (including phenoxy) is 2. The van der Waals surface area contributed by atoms with Gasteiger partial charge in [0.25, 0.3) is 10.0 Å². The minimum absolute atomic E-state index is 0.120. The van der Waals surface area contributed by atoms with Crippen LogP contribution in [-0.2, 0) is 32.6 Å². The maximum Gasteiger partial charge on any atom is 0.264 e. The Morgan fingerprint density at radius 2 is 1.40 bits per heavy atom. The predicted octanol–water partition coefficient (Wildman–Crippen LogP) is 6.37. The van der Waals surface area contributed by atoms with E-state index in [1.165, 1.54) is 37.3 Å². The summed E-state index contributed by atoms with van der Waals surface area (Å²) in [6, 6.07) is 25.4. The SMILES string of the molecule is COc1ccc(S(=O)(=O)N(CC(=O)N(Cc2c(Cl)cccc2Cl)[C@@H](Cc2ccccc2)C(=O)NC(C)C)c2ccccc2)cc1OC.